The number of hydrogen-bond donors (Lipinski definition) is 0. The maximum absolute atomic E-state index is 11.9. The smallest absolute Gasteiger partial charge is 0.162 e. The molecule has 0 aromatic heterocycles. The van der Waals surface area contributed by atoms with Gasteiger partial charge < -0.3 is 4.90 Å². The van der Waals surface area contributed by atoms with E-state index in [1.807, 2.05) is 38.2 Å². The Balaban J connectivity index is 2.31. The van der Waals surface area contributed by atoms with Gasteiger partial charge in [-0.3, -0.25) is 4.79 Å². The van der Waals surface area contributed by atoms with Gasteiger partial charge in [-0.1, -0.05) is 28.1 Å². The summed E-state index contributed by atoms with van der Waals surface area (Å²) in [4.78, 5) is 14.0. The summed E-state index contributed by atoms with van der Waals surface area (Å²) in [6.45, 7) is 3.50. The van der Waals surface area contributed by atoms with E-state index >= 15 is 0 Å². The van der Waals surface area contributed by atoms with Gasteiger partial charge in [-0.25, -0.2) is 0 Å². The average Bonchev–Trinajstić information content (AvgIpc) is 2.39. The van der Waals surface area contributed by atoms with Crippen molar-refractivity contribution in [3.8, 4) is 6.07 Å². The lowest BCUT2D eigenvalue weighted by Crippen LogP contribution is -2.25. The third-order valence-electron chi connectivity index (χ3n) is 2.92. The first kappa shape index (κ1) is 15.9. The van der Waals surface area contributed by atoms with E-state index in [9.17, 15) is 4.79 Å². The number of ketones is 1. The second-order valence-corrected chi connectivity index (χ2v) is 5.74. The number of hydrogen-bond acceptors (Lipinski definition) is 3. The molecule has 0 radical (unpaired) electrons. The Bertz CT molecular complexity index is 450. The number of Topliss-reactive ketones (excluding diaryl/α,β-unsaturated/α-hetero) is 1. The van der Waals surface area contributed by atoms with Crippen LogP contribution in [-0.2, 0) is 0 Å². The highest BCUT2D eigenvalue weighted by atomic mass is 79.9. The number of nitriles is 1. The van der Waals surface area contributed by atoms with Crippen LogP contribution < -0.4 is 0 Å². The summed E-state index contributed by atoms with van der Waals surface area (Å²) in [7, 11) is 1.98. The van der Waals surface area contributed by atoms with E-state index in [4.69, 9.17) is 5.26 Å². The van der Waals surface area contributed by atoms with Crippen LogP contribution in [-0.4, -0.2) is 30.8 Å². The third-order valence-corrected chi connectivity index (χ3v) is 3.44. The maximum Gasteiger partial charge on any atom is 0.162 e. The summed E-state index contributed by atoms with van der Waals surface area (Å²) in [5.74, 6) is 0.210. The molecule has 0 aliphatic carbocycles. The van der Waals surface area contributed by atoms with Gasteiger partial charge in [0.2, 0.25) is 0 Å². The molecule has 0 saturated heterocycles. The fraction of sp³-hybridized carbons (Fsp3) is 0.467. The van der Waals surface area contributed by atoms with Crippen molar-refractivity contribution >= 4 is 21.7 Å². The van der Waals surface area contributed by atoms with Crippen molar-refractivity contribution in [3.63, 3.8) is 0 Å². The van der Waals surface area contributed by atoms with Crippen LogP contribution in [0.1, 0.15) is 30.1 Å². The minimum absolute atomic E-state index is 0.0344. The van der Waals surface area contributed by atoms with Gasteiger partial charge in [-0.15, -0.1) is 0 Å². The van der Waals surface area contributed by atoms with E-state index < -0.39 is 0 Å². The molecule has 0 spiro atoms. The lowest BCUT2D eigenvalue weighted by atomic mass is 10.1. The molecule has 0 N–H and O–H groups in total. The molecule has 4 heteroatoms. The second kappa shape index (κ2) is 8.08. The van der Waals surface area contributed by atoms with E-state index in [0.717, 1.165) is 29.5 Å². The van der Waals surface area contributed by atoms with Gasteiger partial charge in [0.1, 0.15) is 0 Å². The van der Waals surface area contributed by atoms with Crippen LogP contribution in [0.5, 0.6) is 0 Å². The van der Waals surface area contributed by atoms with Crippen LogP contribution >= 0.6 is 15.9 Å². The molecule has 19 heavy (non-hydrogen) atoms. The summed E-state index contributed by atoms with van der Waals surface area (Å²) >= 11 is 3.35. The largest absolute Gasteiger partial charge is 0.305 e. The Morgan fingerprint density at radius 2 is 2.05 bits per heavy atom. The normalized spacial score (nSPS) is 12.2. The first-order chi connectivity index (χ1) is 9.02. The highest BCUT2D eigenvalue weighted by Crippen LogP contribution is 2.12. The van der Waals surface area contributed by atoms with Crippen molar-refractivity contribution in [1.29, 1.82) is 5.26 Å². The van der Waals surface area contributed by atoms with E-state index in [0.29, 0.717) is 6.42 Å². The Morgan fingerprint density at radius 1 is 1.42 bits per heavy atom. The highest BCUT2D eigenvalue weighted by molar-refractivity contribution is 9.10. The molecule has 1 unspecified atom stereocenters. The molecule has 0 bridgehead atoms. The number of carbonyl (C=O) groups excluding carboxylic acids is 1. The molecule has 0 amide bonds. The lowest BCUT2D eigenvalue weighted by Gasteiger charge is -2.17. The molecule has 0 fully saturated rings. The van der Waals surface area contributed by atoms with Gasteiger partial charge in [0.15, 0.2) is 5.78 Å². The Kier molecular flexibility index (Phi) is 6.75. The minimum Gasteiger partial charge on any atom is -0.305 e. The predicted molar refractivity (Wildman–Crippen MR) is 80.0 cm³/mol. The molecule has 0 saturated carbocycles. The van der Waals surface area contributed by atoms with Crippen molar-refractivity contribution in [3.05, 3.63) is 34.3 Å². The SMILES string of the molecule is CC(C#N)CN(C)CCCC(=O)c1ccc(Br)cc1. The van der Waals surface area contributed by atoms with Crippen LogP contribution in [0.4, 0.5) is 0 Å². The van der Waals surface area contributed by atoms with Gasteiger partial charge >= 0.3 is 0 Å². The summed E-state index contributed by atoms with van der Waals surface area (Å²) < 4.78 is 0.981. The van der Waals surface area contributed by atoms with E-state index in [-0.39, 0.29) is 11.7 Å². The van der Waals surface area contributed by atoms with Gasteiger partial charge in [0, 0.05) is 23.0 Å². The first-order valence-electron chi connectivity index (χ1n) is 6.40. The zero-order valence-electron chi connectivity index (χ0n) is 11.4. The van der Waals surface area contributed by atoms with Crippen molar-refractivity contribution in [2.24, 2.45) is 5.92 Å². The fourth-order valence-electron chi connectivity index (χ4n) is 1.89. The van der Waals surface area contributed by atoms with E-state index in [1.54, 1.807) is 0 Å². The fourth-order valence-corrected chi connectivity index (χ4v) is 2.15. The minimum atomic E-state index is 0.0344. The molecule has 0 aliphatic rings. The highest BCUT2D eigenvalue weighted by Gasteiger charge is 2.08. The molecule has 1 aromatic carbocycles. The molecule has 1 aromatic rings. The van der Waals surface area contributed by atoms with Gasteiger partial charge in [-0.05, 0) is 39.1 Å². The Hall–Kier alpha value is -1.18. The van der Waals surface area contributed by atoms with Crippen LogP contribution in [0.3, 0.4) is 0 Å². The Labute approximate surface area is 123 Å². The molecule has 0 heterocycles. The van der Waals surface area contributed by atoms with Crippen LogP contribution in [0.2, 0.25) is 0 Å². The third kappa shape index (κ3) is 6.00. The quantitative estimate of drug-likeness (QED) is 0.721. The first-order valence-corrected chi connectivity index (χ1v) is 7.19. The topological polar surface area (TPSA) is 44.1 Å². The van der Waals surface area contributed by atoms with Crippen molar-refractivity contribution in [1.82, 2.24) is 4.90 Å². The second-order valence-electron chi connectivity index (χ2n) is 4.83. The molecular formula is C15H19BrN2O. The maximum atomic E-state index is 11.9. The van der Waals surface area contributed by atoms with Crippen LogP contribution in [0.15, 0.2) is 28.7 Å². The lowest BCUT2D eigenvalue weighted by molar-refractivity contribution is 0.0976. The van der Waals surface area contributed by atoms with E-state index in [1.165, 1.54) is 0 Å². The summed E-state index contributed by atoms with van der Waals surface area (Å²) in [5, 5.41) is 8.73. The predicted octanol–water partition coefficient (Wildman–Crippen LogP) is 3.50. The summed E-state index contributed by atoms with van der Waals surface area (Å²) in [6.07, 6.45) is 1.37. The van der Waals surface area contributed by atoms with Gasteiger partial charge in [0.25, 0.3) is 0 Å². The zero-order chi connectivity index (χ0) is 14.3. The molecule has 1 rings (SSSR count). The molecule has 102 valence electrons. The number of benzene rings is 1. The van der Waals surface area contributed by atoms with Crippen molar-refractivity contribution in [2.45, 2.75) is 19.8 Å². The molecule has 0 aliphatic heterocycles. The number of carbonyl (C=O) groups is 1. The van der Waals surface area contributed by atoms with Crippen molar-refractivity contribution in [2.75, 3.05) is 20.1 Å². The summed E-state index contributed by atoms with van der Waals surface area (Å²) in [6, 6.07) is 9.66. The number of halogens is 1. The summed E-state index contributed by atoms with van der Waals surface area (Å²) in [5.41, 5.74) is 0.760. The molecule has 1 atom stereocenters. The van der Waals surface area contributed by atoms with Gasteiger partial charge in [0.05, 0.1) is 12.0 Å². The van der Waals surface area contributed by atoms with Crippen LogP contribution in [0, 0.1) is 17.2 Å². The molecule has 3 nitrogen and oxygen atoms in total. The number of rotatable bonds is 7. The molecular weight excluding hydrogens is 304 g/mol. The number of nitrogens with zero attached hydrogens (tertiary/aromatic N) is 2. The monoisotopic (exact) mass is 322 g/mol. The Morgan fingerprint density at radius 3 is 2.63 bits per heavy atom. The van der Waals surface area contributed by atoms with Crippen molar-refractivity contribution < 1.29 is 4.79 Å². The zero-order valence-corrected chi connectivity index (χ0v) is 13.0. The van der Waals surface area contributed by atoms with E-state index in [2.05, 4.69) is 26.9 Å². The standard InChI is InChI=1S/C15H19BrN2O/c1-12(10-17)11-18(2)9-3-4-15(19)13-5-7-14(16)8-6-13/h5-8,12H,3-4,9,11H2,1-2H3. The average molecular weight is 323 g/mol. The van der Waals surface area contributed by atoms with Gasteiger partial charge in [-0.2, -0.15) is 5.26 Å². The van der Waals surface area contributed by atoms with Crippen LogP contribution in [0.25, 0.3) is 0 Å².